The zero-order valence-electron chi connectivity index (χ0n) is 13.5. The van der Waals surface area contributed by atoms with Crippen LogP contribution >= 0.6 is 0 Å². The minimum absolute atomic E-state index is 0.115. The molecule has 0 spiro atoms. The van der Waals surface area contributed by atoms with E-state index in [1.165, 1.54) is 16.4 Å². The highest BCUT2D eigenvalue weighted by atomic mass is 32.2. The van der Waals surface area contributed by atoms with Gasteiger partial charge in [0, 0.05) is 25.2 Å². The largest absolute Gasteiger partial charge is 0.394 e. The van der Waals surface area contributed by atoms with Crippen LogP contribution in [-0.4, -0.2) is 48.5 Å². The molecular weight excluding hydrogens is 322 g/mol. The summed E-state index contributed by atoms with van der Waals surface area (Å²) in [5, 5.41) is 23.3. The number of aliphatic hydroxyl groups excluding tert-OH is 1. The fraction of sp³-hybridized carbons (Fsp3) is 0.571. The van der Waals surface area contributed by atoms with Gasteiger partial charge in [-0.3, -0.25) is 10.1 Å². The van der Waals surface area contributed by atoms with E-state index in [1.54, 1.807) is 13.8 Å². The molecule has 9 heteroatoms. The predicted octanol–water partition coefficient (Wildman–Crippen LogP) is 1.81. The van der Waals surface area contributed by atoms with Crippen LogP contribution in [0.15, 0.2) is 23.1 Å². The Labute approximate surface area is 136 Å². The Morgan fingerprint density at radius 2 is 1.91 bits per heavy atom. The first-order valence-electron chi connectivity index (χ1n) is 7.47. The lowest BCUT2D eigenvalue weighted by Crippen LogP contribution is -2.30. The molecule has 1 aromatic carbocycles. The van der Waals surface area contributed by atoms with Crippen molar-refractivity contribution in [2.75, 3.05) is 25.0 Å². The van der Waals surface area contributed by atoms with Crippen LogP contribution < -0.4 is 5.32 Å². The maximum absolute atomic E-state index is 12.5. The van der Waals surface area contributed by atoms with Crippen molar-refractivity contribution >= 4 is 21.4 Å². The first-order chi connectivity index (χ1) is 10.8. The zero-order valence-corrected chi connectivity index (χ0v) is 14.3. The van der Waals surface area contributed by atoms with Gasteiger partial charge in [-0.1, -0.05) is 20.8 Å². The Morgan fingerprint density at radius 1 is 1.30 bits per heavy atom. The number of hydrogen-bond donors (Lipinski definition) is 2. The van der Waals surface area contributed by atoms with E-state index in [-0.39, 0.29) is 42.0 Å². The molecule has 0 aliphatic heterocycles. The van der Waals surface area contributed by atoms with Crippen molar-refractivity contribution in [1.29, 1.82) is 0 Å². The minimum Gasteiger partial charge on any atom is -0.394 e. The van der Waals surface area contributed by atoms with E-state index in [0.717, 1.165) is 6.07 Å². The number of sulfonamides is 1. The Hall–Kier alpha value is -1.71. The van der Waals surface area contributed by atoms with Crippen molar-refractivity contribution in [3.8, 4) is 0 Å². The lowest BCUT2D eigenvalue weighted by Gasteiger charge is -2.19. The van der Waals surface area contributed by atoms with Crippen LogP contribution in [0.3, 0.4) is 0 Å². The molecule has 1 aromatic rings. The van der Waals surface area contributed by atoms with Gasteiger partial charge in [0.05, 0.1) is 16.4 Å². The molecule has 1 rings (SSSR count). The molecular formula is C14H23N3O5S. The number of nitrogens with zero attached hydrogens (tertiary/aromatic N) is 2. The summed E-state index contributed by atoms with van der Waals surface area (Å²) >= 11 is 0. The van der Waals surface area contributed by atoms with Crippen molar-refractivity contribution in [1.82, 2.24) is 4.31 Å². The van der Waals surface area contributed by atoms with Crippen molar-refractivity contribution in [3.05, 3.63) is 28.3 Å². The van der Waals surface area contributed by atoms with Gasteiger partial charge in [-0.25, -0.2) is 8.42 Å². The molecule has 0 aliphatic rings. The molecule has 0 bridgehead atoms. The predicted molar refractivity (Wildman–Crippen MR) is 88.0 cm³/mol. The topological polar surface area (TPSA) is 113 Å². The quantitative estimate of drug-likeness (QED) is 0.521. The molecule has 1 atom stereocenters. The summed E-state index contributed by atoms with van der Waals surface area (Å²) in [5.41, 5.74) is -0.139. The molecule has 130 valence electrons. The zero-order chi connectivity index (χ0) is 17.6. The molecule has 0 aliphatic carbocycles. The second-order valence-electron chi connectivity index (χ2n) is 4.96. The Morgan fingerprint density at radius 3 is 2.35 bits per heavy atom. The van der Waals surface area contributed by atoms with Gasteiger partial charge in [0.1, 0.15) is 5.69 Å². The van der Waals surface area contributed by atoms with Crippen LogP contribution in [0, 0.1) is 10.1 Å². The van der Waals surface area contributed by atoms with E-state index in [0.29, 0.717) is 6.42 Å². The fourth-order valence-electron chi connectivity index (χ4n) is 2.15. The van der Waals surface area contributed by atoms with E-state index in [2.05, 4.69) is 5.32 Å². The van der Waals surface area contributed by atoms with Gasteiger partial charge in [-0.15, -0.1) is 0 Å². The van der Waals surface area contributed by atoms with Crippen LogP contribution in [0.1, 0.15) is 27.2 Å². The number of nitro groups is 1. The summed E-state index contributed by atoms with van der Waals surface area (Å²) < 4.78 is 26.2. The van der Waals surface area contributed by atoms with Crippen LogP contribution in [0.5, 0.6) is 0 Å². The molecule has 2 N–H and O–H groups in total. The molecule has 0 radical (unpaired) electrons. The van der Waals surface area contributed by atoms with Gasteiger partial charge in [-0.2, -0.15) is 4.31 Å². The number of aliphatic hydroxyl groups is 1. The normalized spacial score (nSPS) is 13.1. The third kappa shape index (κ3) is 4.40. The third-order valence-electron chi connectivity index (χ3n) is 3.58. The van der Waals surface area contributed by atoms with E-state index >= 15 is 0 Å². The fourth-order valence-corrected chi connectivity index (χ4v) is 3.63. The van der Waals surface area contributed by atoms with Gasteiger partial charge in [0.25, 0.3) is 5.69 Å². The first-order valence-corrected chi connectivity index (χ1v) is 8.91. The number of rotatable bonds is 9. The molecule has 0 aromatic heterocycles. The van der Waals surface area contributed by atoms with Gasteiger partial charge in [-0.05, 0) is 18.6 Å². The van der Waals surface area contributed by atoms with Gasteiger partial charge < -0.3 is 10.4 Å². The van der Waals surface area contributed by atoms with Crippen molar-refractivity contribution < 1.29 is 18.4 Å². The van der Waals surface area contributed by atoms with E-state index < -0.39 is 14.9 Å². The van der Waals surface area contributed by atoms with E-state index in [9.17, 15) is 23.6 Å². The number of hydrogen-bond acceptors (Lipinski definition) is 6. The molecule has 23 heavy (non-hydrogen) atoms. The van der Waals surface area contributed by atoms with Crippen molar-refractivity contribution in [3.63, 3.8) is 0 Å². The van der Waals surface area contributed by atoms with Crippen LogP contribution in [0.4, 0.5) is 11.4 Å². The van der Waals surface area contributed by atoms with Gasteiger partial charge >= 0.3 is 0 Å². The van der Waals surface area contributed by atoms with Gasteiger partial charge in [0.15, 0.2) is 0 Å². The Balaban J connectivity index is 3.31. The molecule has 0 saturated heterocycles. The van der Waals surface area contributed by atoms with Crippen molar-refractivity contribution in [2.24, 2.45) is 0 Å². The maximum atomic E-state index is 12.5. The second-order valence-corrected chi connectivity index (χ2v) is 6.90. The summed E-state index contributed by atoms with van der Waals surface area (Å²) in [6.45, 7) is 5.65. The van der Waals surface area contributed by atoms with E-state index in [4.69, 9.17) is 0 Å². The summed E-state index contributed by atoms with van der Waals surface area (Å²) in [6, 6.07) is 3.43. The molecule has 8 nitrogen and oxygen atoms in total. The standard InChI is InChI=1S/C14H23N3O5S/c1-4-11(10-18)15-13-8-7-12(9-14(13)17(19)20)23(21,22)16(5-2)6-3/h7-9,11,15,18H,4-6,10H2,1-3H3. The summed E-state index contributed by atoms with van der Waals surface area (Å²) in [6.07, 6.45) is 0.577. The highest BCUT2D eigenvalue weighted by molar-refractivity contribution is 7.89. The number of nitrogens with one attached hydrogen (secondary N) is 1. The molecule has 1 unspecified atom stereocenters. The van der Waals surface area contributed by atoms with Crippen LogP contribution in [0.25, 0.3) is 0 Å². The Bertz CT molecular complexity index is 640. The van der Waals surface area contributed by atoms with E-state index in [1.807, 2.05) is 6.92 Å². The average molecular weight is 345 g/mol. The summed E-state index contributed by atoms with van der Waals surface area (Å²) in [7, 11) is -3.76. The summed E-state index contributed by atoms with van der Waals surface area (Å²) in [4.78, 5) is 10.5. The number of benzene rings is 1. The molecule has 0 saturated carbocycles. The average Bonchev–Trinajstić information content (AvgIpc) is 2.53. The van der Waals surface area contributed by atoms with Crippen LogP contribution in [-0.2, 0) is 10.0 Å². The lowest BCUT2D eigenvalue weighted by atomic mass is 10.2. The first kappa shape index (κ1) is 19.3. The number of anilines is 1. The monoisotopic (exact) mass is 345 g/mol. The highest BCUT2D eigenvalue weighted by Gasteiger charge is 2.26. The van der Waals surface area contributed by atoms with Gasteiger partial charge in [0.2, 0.25) is 10.0 Å². The molecule has 0 heterocycles. The SMILES string of the molecule is CCC(CO)Nc1ccc(S(=O)(=O)N(CC)CC)cc1[N+](=O)[O-]. The molecule has 0 fully saturated rings. The van der Waals surface area contributed by atoms with Crippen molar-refractivity contribution in [2.45, 2.75) is 38.1 Å². The summed E-state index contributed by atoms with van der Waals surface area (Å²) in [5.74, 6) is 0. The Kier molecular flexibility index (Phi) is 6.92. The smallest absolute Gasteiger partial charge is 0.293 e. The lowest BCUT2D eigenvalue weighted by molar-refractivity contribution is -0.384. The minimum atomic E-state index is -3.76. The number of nitro benzene ring substituents is 1. The third-order valence-corrected chi connectivity index (χ3v) is 5.63. The second kappa shape index (κ2) is 8.23. The maximum Gasteiger partial charge on any atom is 0.293 e. The molecule has 0 amide bonds. The highest BCUT2D eigenvalue weighted by Crippen LogP contribution is 2.29. The van der Waals surface area contributed by atoms with Crippen LogP contribution in [0.2, 0.25) is 0 Å².